The van der Waals surface area contributed by atoms with Crippen molar-refractivity contribution in [1.29, 1.82) is 5.26 Å². The zero-order valence-corrected chi connectivity index (χ0v) is 26.3. The molecule has 0 bridgehead atoms. The summed E-state index contributed by atoms with van der Waals surface area (Å²) in [6.07, 6.45) is -2.29. The first-order chi connectivity index (χ1) is 22.8. The third-order valence-electron chi connectivity index (χ3n) is 8.93. The van der Waals surface area contributed by atoms with Gasteiger partial charge in [-0.3, -0.25) is 9.69 Å². The molecule has 0 aliphatic carbocycles. The minimum absolute atomic E-state index is 0.106. The number of ether oxygens (including phenoxy) is 2. The van der Waals surface area contributed by atoms with E-state index in [9.17, 15) is 15.2 Å². The third-order valence-corrected chi connectivity index (χ3v) is 8.93. The number of aliphatic hydroxyl groups excluding tert-OH is 2. The zero-order valence-electron chi connectivity index (χ0n) is 26.3. The molecule has 1 amide bonds. The maximum Gasteiger partial charge on any atom is 0.251 e. The second-order valence-corrected chi connectivity index (χ2v) is 12.1. The molecule has 0 saturated carbocycles. The highest BCUT2D eigenvalue weighted by molar-refractivity contribution is 5.80. The Morgan fingerprint density at radius 1 is 1.17 bits per heavy atom. The zero-order chi connectivity index (χ0) is 32.9. The monoisotopic (exact) mass is 646 g/mol. The van der Waals surface area contributed by atoms with Crippen molar-refractivity contribution in [1.82, 2.24) is 24.8 Å². The fourth-order valence-electron chi connectivity index (χ4n) is 6.17. The van der Waals surface area contributed by atoms with Gasteiger partial charge in [-0.05, 0) is 48.9 Å². The molecule has 248 valence electrons. The van der Waals surface area contributed by atoms with Crippen molar-refractivity contribution in [2.24, 2.45) is 0 Å². The Morgan fingerprint density at radius 2 is 1.98 bits per heavy atom. The quantitative estimate of drug-likeness (QED) is 0.295. The highest BCUT2D eigenvalue weighted by Crippen LogP contribution is 2.30. The van der Waals surface area contributed by atoms with Crippen molar-refractivity contribution in [3.8, 4) is 23.2 Å². The number of aromatic nitrogens is 3. The van der Waals surface area contributed by atoms with Gasteiger partial charge in [0.05, 0.1) is 31.4 Å². The number of nitrogens with zero attached hydrogens (tertiary/aromatic N) is 7. The summed E-state index contributed by atoms with van der Waals surface area (Å²) in [7, 11) is 0. The van der Waals surface area contributed by atoms with Crippen LogP contribution in [-0.4, -0.2) is 124 Å². The number of carbonyl (C=O) groups excluding carboxylic acids is 1. The molecule has 4 heterocycles. The second kappa shape index (κ2) is 14.6. The number of rotatable bonds is 10. The Kier molecular flexibility index (Phi) is 10.1. The van der Waals surface area contributed by atoms with Crippen LogP contribution in [0.2, 0.25) is 0 Å². The van der Waals surface area contributed by atoms with Crippen molar-refractivity contribution in [2.75, 3.05) is 69.3 Å². The number of amides is 1. The molecule has 0 unspecified atom stereocenters. The molecular weight excluding hydrogens is 607 g/mol. The molecule has 3 N–H and O–H groups in total. The third kappa shape index (κ3) is 7.44. The number of piperidine rings is 1. The van der Waals surface area contributed by atoms with Gasteiger partial charge >= 0.3 is 0 Å². The number of benzene rings is 2. The molecule has 3 aliphatic rings. The average Bonchev–Trinajstić information content (AvgIpc) is 3.05. The SMILES string of the molecule is Cc1cc(Nc2ncnc(-c3ccc(O[C@H]4CCN(C(=O)[C@H](O)CCO)C[C@H]4F)c(C#N)c3)n2)ccc1N1CCN(C2COC2)CC1. The predicted octanol–water partition coefficient (Wildman–Crippen LogP) is 2.04. The van der Waals surface area contributed by atoms with E-state index in [2.05, 4.69) is 55.2 Å². The summed E-state index contributed by atoms with van der Waals surface area (Å²) in [5, 5.41) is 31.9. The molecule has 3 atom stereocenters. The lowest BCUT2D eigenvalue weighted by Crippen LogP contribution is -2.56. The number of piperazine rings is 1. The number of carbonyl (C=O) groups is 1. The first-order valence-corrected chi connectivity index (χ1v) is 15.9. The van der Waals surface area contributed by atoms with E-state index in [0.717, 1.165) is 50.6 Å². The molecule has 14 heteroatoms. The Morgan fingerprint density at radius 3 is 2.66 bits per heavy atom. The molecule has 1 aromatic heterocycles. The van der Waals surface area contributed by atoms with Crippen LogP contribution < -0.4 is 15.0 Å². The molecule has 3 aliphatic heterocycles. The van der Waals surface area contributed by atoms with Gasteiger partial charge < -0.3 is 34.8 Å². The van der Waals surface area contributed by atoms with E-state index < -0.39 is 24.3 Å². The van der Waals surface area contributed by atoms with Crippen molar-refractivity contribution >= 4 is 23.2 Å². The smallest absolute Gasteiger partial charge is 0.251 e. The van der Waals surface area contributed by atoms with Gasteiger partial charge in [0.2, 0.25) is 5.95 Å². The first kappa shape index (κ1) is 32.5. The largest absolute Gasteiger partial charge is 0.486 e. The lowest BCUT2D eigenvalue weighted by atomic mass is 10.0. The number of anilines is 3. The highest BCUT2D eigenvalue weighted by Gasteiger charge is 2.35. The Bertz CT molecular complexity index is 1610. The number of nitriles is 1. The van der Waals surface area contributed by atoms with Gasteiger partial charge in [0, 0.05) is 69.1 Å². The minimum Gasteiger partial charge on any atom is -0.486 e. The molecule has 13 nitrogen and oxygen atoms in total. The van der Waals surface area contributed by atoms with Crippen molar-refractivity contribution in [2.45, 2.75) is 44.2 Å². The highest BCUT2D eigenvalue weighted by atomic mass is 19.1. The molecule has 3 aromatic rings. The summed E-state index contributed by atoms with van der Waals surface area (Å²) in [6, 6.07) is 13.7. The van der Waals surface area contributed by atoms with E-state index in [1.54, 1.807) is 18.2 Å². The standard InChI is InChI=1S/C33H39FN8O5/c1-21-14-24(3-4-27(21)41-11-9-40(10-12-41)25-18-46-19-25)38-33-37-20-36-31(39-33)22-2-5-29(23(15-22)16-35)47-30-6-8-42(17-26(30)34)32(45)28(44)7-13-43/h2-5,14-15,20,25-26,28,30,43-44H,6-13,17-19H2,1H3,(H,36,37,38,39)/t26-,28-,30+/m1/s1. The van der Waals surface area contributed by atoms with E-state index in [4.69, 9.17) is 14.6 Å². The summed E-state index contributed by atoms with van der Waals surface area (Å²) in [5.41, 5.74) is 3.94. The van der Waals surface area contributed by atoms with E-state index in [-0.39, 0.29) is 43.9 Å². The molecule has 3 saturated heterocycles. The van der Waals surface area contributed by atoms with Crippen molar-refractivity contribution in [3.63, 3.8) is 0 Å². The van der Waals surface area contributed by atoms with E-state index in [0.29, 0.717) is 23.4 Å². The minimum atomic E-state index is -1.52. The molecule has 6 rings (SSSR count). The Balaban J connectivity index is 1.08. The average molecular weight is 647 g/mol. The summed E-state index contributed by atoms with van der Waals surface area (Å²) < 4.78 is 26.3. The molecule has 2 aromatic carbocycles. The van der Waals surface area contributed by atoms with Gasteiger partial charge in [0.15, 0.2) is 12.0 Å². The number of alkyl halides is 1. The molecule has 47 heavy (non-hydrogen) atoms. The Labute approximate surface area is 272 Å². The summed E-state index contributed by atoms with van der Waals surface area (Å²) in [6.45, 7) is 7.36. The number of hydrogen-bond acceptors (Lipinski definition) is 12. The first-order valence-electron chi connectivity index (χ1n) is 15.9. The van der Waals surface area contributed by atoms with Crippen molar-refractivity contribution < 1.29 is 28.9 Å². The van der Waals surface area contributed by atoms with Crippen LogP contribution in [0, 0.1) is 18.3 Å². The molecule has 3 fully saturated rings. The maximum absolute atomic E-state index is 15.0. The Hall–Kier alpha value is -4.42. The van der Waals surface area contributed by atoms with Crippen LogP contribution in [0.25, 0.3) is 11.4 Å². The molecule has 0 radical (unpaired) electrons. The number of likely N-dealkylation sites (tertiary alicyclic amines) is 1. The second-order valence-electron chi connectivity index (χ2n) is 12.1. The van der Waals surface area contributed by atoms with Crippen LogP contribution in [0.1, 0.15) is 24.0 Å². The van der Waals surface area contributed by atoms with Crippen LogP contribution in [0.5, 0.6) is 5.75 Å². The lowest BCUT2D eigenvalue weighted by Gasteiger charge is -2.43. The van der Waals surface area contributed by atoms with E-state index in [1.165, 1.54) is 16.9 Å². The van der Waals surface area contributed by atoms with Crippen LogP contribution in [0.15, 0.2) is 42.7 Å². The van der Waals surface area contributed by atoms with Crippen LogP contribution in [0.4, 0.5) is 21.7 Å². The summed E-state index contributed by atoms with van der Waals surface area (Å²) >= 11 is 0. The molecular formula is C33H39FN8O5. The van der Waals surface area contributed by atoms with Crippen LogP contribution in [-0.2, 0) is 9.53 Å². The number of halogens is 1. The number of aliphatic hydroxyl groups is 2. The van der Waals surface area contributed by atoms with Gasteiger partial charge in [-0.25, -0.2) is 14.4 Å². The van der Waals surface area contributed by atoms with Crippen LogP contribution >= 0.6 is 0 Å². The maximum atomic E-state index is 15.0. The fourth-order valence-corrected chi connectivity index (χ4v) is 6.17. The van der Waals surface area contributed by atoms with Crippen LogP contribution in [0.3, 0.4) is 0 Å². The van der Waals surface area contributed by atoms with Gasteiger partial charge in [-0.1, -0.05) is 0 Å². The van der Waals surface area contributed by atoms with E-state index >= 15 is 4.39 Å². The molecule has 0 spiro atoms. The number of aryl methyl sites for hydroxylation is 1. The fraction of sp³-hybridized carbons (Fsp3) is 0.485. The van der Waals surface area contributed by atoms with Gasteiger partial charge in [-0.15, -0.1) is 0 Å². The topological polar surface area (TPSA) is 160 Å². The van der Waals surface area contributed by atoms with E-state index in [1.807, 2.05) is 6.07 Å². The van der Waals surface area contributed by atoms with Crippen molar-refractivity contribution in [3.05, 3.63) is 53.9 Å². The van der Waals surface area contributed by atoms with Gasteiger partial charge in [0.25, 0.3) is 5.91 Å². The number of nitrogens with one attached hydrogen (secondary N) is 1. The summed E-state index contributed by atoms with van der Waals surface area (Å²) in [5.74, 6) is 0.295. The number of hydrogen-bond donors (Lipinski definition) is 3. The normalized spacial score (nSPS) is 21.1. The lowest BCUT2D eigenvalue weighted by molar-refractivity contribution is -0.144. The van der Waals surface area contributed by atoms with Gasteiger partial charge in [0.1, 0.15) is 30.4 Å². The predicted molar refractivity (Wildman–Crippen MR) is 171 cm³/mol. The van der Waals surface area contributed by atoms with Gasteiger partial charge in [-0.2, -0.15) is 10.2 Å². The summed E-state index contributed by atoms with van der Waals surface area (Å²) in [4.78, 5) is 31.6.